The fourth-order valence-corrected chi connectivity index (χ4v) is 2.49. The molecule has 0 spiro atoms. The van der Waals surface area contributed by atoms with Crippen molar-refractivity contribution < 1.29 is 23.5 Å². The summed E-state index contributed by atoms with van der Waals surface area (Å²) in [7, 11) is 1.30. The highest BCUT2D eigenvalue weighted by Gasteiger charge is 2.22. The molecule has 0 atom stereocenters. The van der Waals surface area contributed by atoms with Crippen molar-refractivity contribution in [2.24, 2.45) is 0 Å². The van der Waals surface area contributed by atoms with E-state index in [-0.39, 0.29) is 18.3 Å². The normalized spacial score (nSPS) is 10.4. The molecule has 25 heavy (non-hydrogen) atoms. The topological polar surface area (TPSA) is 80.4 Å². The van der Waals surface area contributed by atoms with Crippen LogP contribution < -0.4 is 10.1 Å². The fraction of sp³-hybridized carbons (Fsp3) is 0.333. The number of esters is 1. The molecule has 0 unspecified atom stereocenters. The molecule has 1 amide bonds. The number of aromatic amines is 1. The van der Waals surface area contributed by atoms with E-state index in [2.05, 4.69) is 10.3 Å². The minimum atomic E-state index is -0.483. The first kappa shape index (κ1) is 18.5. The smallest absolute Gasteiger partial charge is 0.339 e. The van der Waals surface area contributed by atoms with Crippen LogP contribution in [0.1, 0.15) is 38.5 Å². The number of hydrogen-bond acceptors (Lipinski definition) is 4. The molecule has 1 aromatic carbocycles. The molecule has 0 aliphatic rings. The van der Waals surface area contributed by atoms with Gasteiger partial charge in [0.15, 0.2) is 11.6 Å². The summed E-state index contributed by atoms with van der Waals surface area (Å²) >= 11 is 0. The number of methoxy groups -OCH3 is 1. The van der Waals surface area contributed by atoms with Gasteiger partial charge in [0.2, 0.25) is 0 Å². The zero-order chi connectivity index (χ0) is 18.4. The van der Waals surface area contributed by atoms with Crippen molar-refractivity contribution in [2.45, 2.75) is 20.3 Å². The van der Waals surface area contributed by atoms with Gasteiger partial charge in [-0.2, -0.15) is 0 Å². The third-order valence-electron chi connectivity index (χ3n) is 3.75. The van der Waals surface area contributed by atoms with E-state index in [0.29, 0.717) is 35.5 Å². The van der Waals surface area contributed by atoms with Gasteiger partial charge in [-0.3, -0.25) is 4.79 Å². The standard InChI is InChI=1S/C18H21FN2O4/c1-11-15(18(23)24-3)12(2)21-16(11)17(22)20-9-6-10-25-14-8-5-4-7-13(14)19/h4-5,7-8,21H,6,9-10H2,1-3H3,(H,20,22). The molecule has 0 aliphatic carbocycles. The second kappa shape index (κ2) is 8.32. The highest BCUT2D eigenvalue weighted by atomic mass is 19.1. The number of amides is 1. The summed E-state index contributed by atoms with van der Waals surface area (Å²) in [5.41, 5.74) is 1.82. The number of rotatable bonds is 7. The Morgan fingerprint density at radius 3 is 2.64 bits per heavy atom. The van der Waals surface area contributed by atoms with Crippen molar-refractivity contribution in [1.82, 2.24) is 10.3 Å². The van der Waals surface area contributed by atoms with E-state index < -0.39 is 11.8 Å². The van der Waals surface area contributed by atoms with Crippen LogP contribution in [-0.4, -0.2) is 37.1 Å². The number of aryl methyl sites for hydroxylation is 1. The number of carbonyl (C=O) groups is 2. The minimum Gasteiger partial charge on any atom is -0.490 e. The fourth-order valence-electron chi connectivity index (χ4n) is 2.49. The quantitative estimate of drug-likeness (QED) is 0.596. The van der Waals surface area contributed by atoms with Crippen molar-refractivity contribution in [3.05, 3.63) is 52.6 Å². The van der Waals surface area contributed by atoms with Gasteiger partial charge in [0.25, 0.3) is 5.91 Å². The first-order valence-electron chi connectivity index (χ1n) is 7.88. The Morgan fingerprint density at radius 2 is 1.96 bits per heavy atom. The molecule has 0 radical (unpaired) electrons. The van der Waals surface area contributed by atoms with Gasteiger partial charge in [0.05, 0.1) is 19.3 Å². The van der Waals surface area contributed by atoms with Gasteiger partial charge in [0.1, 0.15) is 5.69 Å². The van der Waals surface area contributed by atoms with Crippen molar-refractivity contribution in [2.75, 3.05) is 20.3 Å². The maximum atomic E-state index is 13.4. The molecular formula is C18H21FN2O4. The highest BCUT2D eigenvalue weighted by Crippen LogP contribution is 2.19. The molecule has 2 N–H and O–H groups in total. The molecule has 2 aromatic rings. The maximum Gasteiger partial charge on any atom is 0.339 e. The second-order valence-corrected chi connectivity index (χ2v) is 5.50. The largest absolute Gasteiger partial charge is 0.490 e. The lowest BCUT2D eigenvalue weighted by molar-refractivity contribution is 0.0599. The lowest BCUT2D eigenvalue weighted by atomic mass is 10.1. The molecule has 0 fully saturated rings. The Bertz CT molecular complexity index is 770. The Hall–Kier alpha value is -2.83. The summed E-state index contributed by atoms with van der Waals surface area (Å²) in [4.78, 5) is 26.9. The lowest BCUT2D eigenvalue weighted by Gasteiger charge is -2.08. The first-order valence-corrected chi connectivity index (χ1v) is 7.88. The number of H-pyrrole nitrogens is 1. The third-order valence-corrected chi connectivity index (χ3v) is 3.75. The third kappa shape index (κ3) is 4.37. The predicted octanol–water partition coefficient (Wildman–Crippen LogP) is 2.76. The van der Waals surface area contributed by atoms with Crippen LogP contribution in [0.15, 0.2) is 24.3 Å². The number of hydrogen-bond donors (Lipinski definition) is 2. The van der Waals surface area contributed by atoms with Crippen LogP contribution in [0.5, 0.6) is 5.75 Å². The predicted molar refractivity (Wildman–Crippen MR) is 90.5 cm³/mol. The van der Waals surface area contributed by atoms with Crippen LogP contribution in [0, 0.1) is 19.7 Å². The van der Waals surface area contributed by atoms with E-state index in [1.54, 1.807) is 32.0 Å². The van der Waals surface area contributed by atoms with Gasteiger partial charge in [0, 0.05) is 12.2 Å². The Balaban J connectivity index is 1.85. The zero-order valence-electron chi connectivity index (χ0n) is 14.4. The van der Waals surface area contributed by atoms with Gasteiger partial charge in [-0.1, -0.05) is 12.1 Å². The number of para-hydroxylation sites is 1. The van der Waals surface area contributed by atoms with Crippen LogP contribution in [0.2, 0.25) is 0 Å². The van der Waals surface area contributed by atoms with E-state index in [4.69, 9.17) is 9.47 Å². The van der Waals surface area contributed by atoms with Crippen LogP contribution in [0.3, 0.4) is 0 Å². The van der Waals surface area contributed by atoms with Crippen molar-refractivity contribution in [1.29, 1.82) is 0 Å². The molecule has 0 bridgehead atoms. The molecule has 2 rings (SSSR count). The highest BCUT2D eigenvalue weighted by molar-refractivity contribution is 6.00. The number of ether oxygens (including phenoxy) is 2. The van der Waals surface area contributed by atoms with Crippen molar-refractivity contribution >= 4 is 11.9 Å². The minimum absolute atomic E-state index is 0.187. The molecule has 6 nitrogen and oxygen atoms in total. The van der Waals surface area contributed by atoms with E-state index in [9.17, 15) is 14.0 Å². The lowest BCUT2D eigenvalue weighted by Crippen LogP contribution is -2.26. The molecule has 134 valence electrons. The number of aromatic nitrogens is 1. The van der Waals surface area contributed by atoms with E-state index in [1.165, 1.54) is 13.2 Å². The summed E-state index contributed by atoms with van der Waals surface area (Å²) in [6.45, 7) is 4.03. The summed E-state index contributed by atoms with van der Waals surface area (Å²) in [6.07, 6.45) is 0.517. The Kier molecular flexibility index (Phi) is 6.16. The Morgan fingerprint density at radius 1 is 1.24 bits per heavy atom. The van der Waals surface area contributed by atoms with Gasteiger partial charge in [-0.25, -0.2) is 9.18 Å². The summed E-state index contributed by atoms with van der Waals surface area (Å²) < 4.78 is 23.4. The summed E-state index contributed by atoms with van der Waals surface area (Å²) in [6, 6.07) is 6.15. The van der Waals surface area contributed by atoms with Gasteiger partial charge >= 0.3 is 5.97 Å². The molecule has 1 aromatic heterocycles. The molecular weight excluding hydrogens is 327 g/mol. The first-order chi connectivity index (χ1) is 12.0. The molecule has 0 aliphatic heterocycles. The van der Waals surface area contributed by atoms with Crippen molar-refractivity contribution in [3.63, 3.8) is 0 Å². The molecule has 0 saturated heterocycles. The molecule has 7 heteroatoms. The van der Waals surface area contributed by atoms with Crippen LogP contribution in [0.4, 0.5) is 4.39 Å². The zero-order valence-corrected chi connectivity index (χ0v) is 14.4. The molecule has 0 saturated carbocycles. The van der Waals surface area contributed by atoms with Crippen LogP contribution in [0.25, 0.3) is 0 Å². The molecule has 1 heterocycles. The van der Waals surface area contributed by atoms with Gasteiger partial charge < -0.3 is 19.8 Å². The van der Waals surface area contributed by atoms with Gasteiger partial charge in [-0.05, 0) is 38.0 Å². The SMILES string of the molecule is COC(=O)c1c(C)[nH]c(C(=O)NCCCOc2ccccc2F)c1C. The number of benzene rings is 1. The summed E-state index contributed by atoms with van der Waals surface area (Å²) in [5.74, 6) is -1.03. The number of nitrogens with one attached hydrogen (secondary N) is 2. The summed E-state index contributed by atoms with van der Waals surface area (Å²) in [5, 5.41) is 2.74. The average Bonchev–Trinajstić information content (AvgIpc) is 2.90. The number of carbonyl (C=O) groups excluding carboxylic acids is 2. The number of halogens is 1. The average molecular weight is 348 g/mol. The van der Waals surface area contributed by atoms with Crippen molar-refractivity contribution in [3.8, 4) is 5.75 Å². The van der Waals surface area contributed by atoms with Crippen LogP contribution in [-0.2, 0) is 4.74 Å². The van der Waals surface area contributed by atoms with E-state index in [1.807, 2.05) is 0 Å². The van der Waals surface area contributed by atoms with E-state index >= 15 is 0 Å². The Labute approximate surface area is 145 Å². The second-order valence-electron chi connectivity index (χ2n) is 5.50. The van der Waals surface area contributed by atoms with E-state index in [0.717, 1.165) is 0 Å². The van der Waals surface area contributed by atoms with Gasteiger partial charge in [-0.15, -0.1) is 0 Å². The van der Waals surface area contributed by atoms with Crippen LogP contribution >= 0.6 is 0 Å². The maximum absolute atomic E-state index is 13.4. The monoisotopic (exact) mass is 348 g/mol.